The second-order valence-corrected chi connectivity index (χ2v) is 5.45. The third-order valence-corrected chi connectivity index (χ3v) is 4.24. The molecule has 1 aliphatic heterocycles. The van der Waals surface area contributed by atoms with Crippen LogP contribution in [0.4, 0.5) is 0 Å². The number of hydrogen-bond acceptors (Lipinski definition) is 2. The minimum Gasteiger partial charge on any atom is -0.303 e. The summed E-state index contributed by atoms with van der Waals surface area (Å²) in [5, 5.41) is 0. The first-order chi connectivity index (χ1) is 7.22. The van der Waals surface area contributed by atoms with Crippen LogP contribution in [-0.2, 0) is 4.79 Å². The Morgan fingerprint density at radius 1 is 1.07 bits per heavy atom. The summed E-state index contributed by atoms with van der Waals surface area (Å²) in [7, 11) is 0. The summed E-state index contributed by atoms with van der Waals surface area (Å²) < 4.78 is 0. The zero-order chi connectivity index (χ0) is 10.8. The molecule has 2 unspecified atom stereocenters. The highest BCUT2D eigenvalue weighted by molar-refractivity contribution is 5.53. The minimum absolute atomic E-state index is 0.313. The Labute approximate surface area is 93.0 Å². The van der Waals surface area contributed by atoms with Crippen LogP contribution in [0.1, 0.15) is 52.4 Å². The average Bonchev–Trinajstić information content (AvgIpc) is 2.69. The van der Waals surface area contributed by atoms with Gasteiger partial charge in [-0.05, 0) is 39.5 Å². The van der Waals surface area contributed by atoms with Gasteiger partial charge in [-0.1, -0.05) is 12.8 Å². The Kier molecular flexibility index (Phi) is 3.45. The molecule has 0 spiro atoms. The van der Waals surface area contributed by atoms with E-state index in [1.165, 1.54) is 32.0 Å². The lowest BCUT2D eigenvalue weighted by Gasteiger charge is -2.45. The predicted octanol–water partition coefficient (Wildman–Crippen LogP) is 2.62. The van der Waals surface area contributed by atoms with E-state index in [-0.39, 0.29) is 0 Å². The van der Waals surface area contributed by atoms with Gasteiger partial charge < -0.3 is 4.79 Å². The molecule has 0 aromatic rings. The van der Waals surface area contributed by atoms with Gasteiger partial charge in [-0.15, -0.1) is 0 Å². The van der Waals surface area contributed by atoms with Crippen molar-refractivity contribution in [1.82, 2.24) is 4.90 Å². The van der Waals surface area contributed by atoms with E-state index < -0.39 is 0 Å². The van der Waals surface area contributed by atoms with Gasteiger partial charge in [-0.2, -0.15) is 0 Å². The summed E-state index contributed by atoms with van der Waals surface area (Å²) in [6.45, 7) is 4.59. The molecule has 86 valence electrons. The number of rotatable bonds is 2. The number of likely N-dealkylation sites (tertiary alicyclic amines) is 1. The Morgan fingerprint density at radius 2 is 1.60 bits per heavy atom. The van der Waals surface area contributed by atoms with Crippen molar-refractivity contribution in [3.8, 4) is 0 Å². The maximum absolute atomic E-state index is 10.9. The molecule has 0 amide bonds. The van der Waals surface area contributed by atoms with Crippen molar-refractivity contribution in [2.75, 3.05) is 0 Å². The molecule has 2 aliphatic rings. The van der Waals surface area contributed by atoms with Crippen LogP contribution in [0, 0.1) is 5.92 Å². The van der Waals surface area contributed by atoms with Gasteiger partial charge in [0.15, 0.2) is 0 Å². The van der Waals surface area contributed by atoms with E-state index in [0.29, 0.717) is 18.0 Å². The quantitative estimate of drug-likeness (QED) is 0.652. The van der Waals surface area contributed by atoms with Crippen molar-refractivity contribution >= 4 is 6.29 Å². The van der Waals surface area contributed by atoms with Gasteiger partial charge in [-0.25, -0.2) is 0 Å². The number of nitrogens with zero attached hydrogens (tertiary/aromatic N) is 1. The van der Waals surface area contributed by atoms with E-state index >= 15 is 0 Å². The van der Waals surface area contributed by atoms with Gasteiger partial charge in [0.25, 0.3) is 0 Å². The van der Waals surface area contributed by atoms with Gasteiger partial charge in [0.1, 0.15) is 6.29 Å². The molecule has 15 heavy (non-hydrogen) atoms. The summed E-state index contributed by atoms with van der Waals surface area (Å²) in [5.41, 5.74) is 0. The van der Waals surface area contributed by atoms with Crippen molar-refractivity contribution in [3.05, 3.63) is 0 Å². The summed E-state index contributed by atoms with van der Waals surface area (Å²) >= 11 is 0. The lowest BCUT2D eigenvalue weighted by atomic mass is 9.86. The molecule has 2 nitrogen and oxygen atoms in total. The summed E-state index contributed by atoms with van der Waals surface area (Å²) in [4.78, 5) is 13.5. The van der Waals surface area contributed by atoms with E-state index in [1.54, 1.807) is 0 Å². The molecule has 1 heterocycles. The number of hydrogen-bond donors (Lipinski definition) is 0. The molecule has 1 saturated carbocycles. The van der Waals surface area contributed by atoms with Crippen LogP contribution in [-0.4, -0.2) is 29.3 Å². The molecule has 1 saturated heterocycles. The molecule has 1 aliphatic carbocycles. The third kappa shape index (κ3) is 2.25. The monoisotopic (exact) mass is 209 g/mol. The minimum atomic E-state index is 0.313. The second kappa shape index (κ2) is 4.65. The molecule has 2 heteroatoms. The summed E-state index contributed by atoms with van der Waals surface area (Å²) in [5.74, 6) is 0.313. The normalized spacial score (nSPS) is 39.5. The van der Waals surface area contributed by atoms with Crippen LogP contribution in [0.15, 0.2) is 0 Å². The molecule has 0 aromatic heterocycles. The van der Waals surface area contributed by atoms with Crippen molar-refractivity contribution in [2.45, 2.75) is 70.5 Å². The van der Waals surface area contributed by atoms with Crippen LogP contribution in [0.25, 0.3) is 0 Å². The molecular weight excluding hydrogens is 186 g/mol. The van der Waals surface area contributed by atoms with Crippen molar-refractivity contribution in [1.29, 1.82) is 0 Å². The average molecular weight is 209 g/mol. The number of piperidine rings is 1. The summed E-state index contributed by atoms with van der Waals surface area (Å²) in [6.07, 6.45) is 8.87. The van der Waals surface area contributed by atoms with Crippen molar-refractivity contribution in [2.24, 2.45) is 5.92 Å². The third-order valence-electron chi connectivity index (χ3n) is 4.24. The first-order valence-corrected chi connectivity index (χ1v) is 6.45. The molecule has 0 aromatic carbocycles. The Hall–Kier alpha value is -0.370. The van der Waals surface area contributed by atoms with Crippen LogP contribution >= 0.6 is 0 Å². The largest absolute Gasteiger partial charge is 0.303 e. The van der Waals surface area contributed by atoms with Gasteiger partial charge in [0.2, 0.25) is 0 Å². The fraction of sp³-hybridized carbons (Fsp3) is 0.923. The molecule has 0 radical (unpaired) electrons. The SMILES string of the molecule is CC1CC(C=O)CC(C)N1C1CCCC1. The molecule has 2 fully saturated rings. The van der Waals surface area contributed by atoms with Crippen LogP contribution in [0.3, 0.4) is 0 Å². The Morgan fingerprint density at radius 3 is 2.07 bits per heavy atom. The van der Waals surface area contributed by atoms with Crippen molar-refractivity contribution < 1.29 is 4.79 Å². The predicted molar refractivity (Wildman–Crippen MR) is 61.8 cm³/mol. The first-order valence-electron chi connectivity index (χ1n) is 6.45. The van der Waals surface area contributed by atoms with Crippen molar-refractivity contribution in [3.63, 3.8) is 0 Å². The maximum atomic E-state index is 10.9. The van der Waals surface area contributed by atoms with Gasteiger partial charge in [-0.3, -0.25) is 4.90 Å². The molecular formula is C13H23NO. The zero-order valence-corrected chi connectivity index (χ0v) is 9.98. The first kappa shape index (κ1) is 11.1. The number of carbonyl (C=O) groups excluding carboxylic acids is 1. The van der Waals surface area contributed by atoms with Crippen LogP contribution in [0.2, 0.25) is 0 Å². The second-order valence-electron chi connectivity index (χ2n) is 5.45. The van der Waals surface area contributed by atoms with E-state index in [4.69, 9.17) is 0 Å². The smallest absolute Gasteiger partial charge is 0.123 e. The molecule has 0 N–H and O–H groups in total. The van der Waals surface area contributed by atoms with Gasteiger partial charge in [0, 0.05) is 24.0 Å². The fourth-order valence-corrected chi connectivity index (χ4v) is 3.68. The standard InChI is InChI=1S/C13H23NO/c1-10-7-12(9-15)8-11(2)14(10)13-5-3-4-6-13/h9-13H,3-8H2,1-2H3. The van der Waals surface area contributed by atoms with Crippen LogP contribution in [0.5, 0.6) is 0 Å². The van der Waals surface area contributed by atoms with E-state index in [9.17, 15) is 4.79 Å². The molecule has 2 rings (SSSR count). The lowest BCUT2D eigenvalue weighted by molar-refractivity contribution is -0.114. The van der Waals surface area contributed by atoms with Crippen LogP contribution < -0.4 is 0 Å². The van der Waals surface area contributed by atoms with E-state index in [1.807, 2.05) is 0 Å². The Bertz CT molecular complexity index is 211. The highest BCUT2D eigenvalue weighted by atomic mass is 16.1. The van der Waals surface area contributed by atoms with E-state index in [0.717, 1.165) is 18.9 Å². The highest BCUT2D eigenvalue weighted by Crippen LogP contribution is 2.34. The zero-order valence-electron chi connectivity index (χ0n) is 9.98. The highest BCUT2D eigenvalue weighted by Gasteiger charge is 2.35. The summed E-state index contributed by atoms with van der Waals surface area (Å²) in [6, 6.07) is 2.02. The number of aldehydes is 1. The van der Waals surface area contributed by atoms with E-state index in [2.05, 4.69) is 18.7 Å². The fourth-order valence-electron chi connectivity index (χ4n) is 3.68. The lowest BCUT2D eigenvalue weighted by Crippen LogP contribution is -2.51. The molecule has 0 bridgehead atoms. The topological polar surface area (TPSA) is 20.3 Å². The number of carbonyl (C=O) groups is 1. The maximum Gasteiger partial charge on any atom is 0.123 e. The van der Waals surface area contributed by atoms with Gasteiger partial charge >= 0.3 is 0 Å². The molecule has 2 atom stereocenters. The Balaban J connectivity index is 2.01. The van der Waals surface area contributed by atoms with Gasteiger partial charge in [0.05, 0.1) is 0 Å².